The number of hydrogen-bond donors (Lipinski definition) is 2. The minimum absolute atomic E-state index is 0. The average Bonchev–Trinajstić information content (AvgIpc) is 2.41. The van der Waals surface area contributed by atoms with Crippen molar-refractivity contribution in [1.29, 1.82) is 0 Å². The standard InChI is InChI=1S/2C8H19NO.Ni/c2*1-4-9(5-2)7-6-8(3)10;/h2*8,10H,4-7H2,1-3H3;. The molecular weight excluding hydrogens is 311 g/mol. The Kier molecular flexibility index (Phi) is 23.0. The van der Waals surface area contributed by atoms with Crippen LogP contribution >= 0.6 is 0 Å². The second-order valence-electron chi connectivity index (χ2n) is 5.33. The molecule has 0 aromatic carbocycles. The average molecular weight is 349 g/mol. The largest absolute Gasteiger partial charge is 0.393 e. The van der Waals surface area contributed by atoms with E-state index in [4.69, 9.17) is 10.2 Å². The third-order valence-electron chi connectivity index (χ3n) is 3.52. The smallest absolute Gasteiger partial charge is 0.0524 e. The van der Waals surface area contributed by atoms with Crippen LogP contribution in [0.25, 0.3) is 0 Å². The van der Waals surface area contributed by atoms with Gasteiger partial charge in [-0.1, -0.05) is 27.7 Å². The van der Waals surface area contributed by atoms with Gasteiger partial charge in [-0.05, 0) is 52.9 Å². The molecule has 0 amide bonds. The molecule has 5 heteroatoms. The quantitative estimate of drug-likeness (QED) is 0.594. The fourth-order valence-corrected chi connectivity index (χ4v) is 1.82. The van der Waals surface area contributed by atoms with Gasteiger partial charge in [-0.25, -0.2) is 0 Å². The fraction of sp³-hybridized carbons (Fsp3) is 1.00. The van der Waals surface area contributed by atoms with Gasteiger partial charge in [-0.15, -0.1) is 0 Å². The summed E-state index contributed by atoms with van der Waals surface area (Å²) in [6.45, 7) is 18.6. The molecule has 0 aromatic heterocycles. The molecule has 0 aliphatic carbocycles. The van der Waals surface area contributed by atoms with Crippen molar-refractivity contribution in [2.75, 3.05) is 39.3 Å². The molecule has 0 aliphatic rings. The van der Waals surface area contributed by atoms with Crippen LogP contribution in [0.15, 0.2) is 0 Å². The predicted octanol–water partition coefficient (Wildman–Crippen LogP) is 2.20. The SMILES string of the molecule is CCN(CC)CCC(C)O.CCN(CC)CCC(C)O.[Ni]. The summed E-state index contributed by atoms with van der Waals surface area (Å²) in [7, 11) is 0. The number of nitrogens with zero attached hydrogens (tertiary/aromatic N) is 2. The molecule has 0 rings (SSSR count). The third kappa shape index (κ3) is 20.3. The van der Waals surface area contributed by atoms with E-state index in [1.165, 1.54) is 0 Å². The van der Waals surface area contributed by atoms with Gasteiger partial charge in [0, 0.05) is 29.6 Å². The van der Waals surface area contributed by atoms with Crippen molar-refractivity contribution in [2.45, 2.75) is 66.6 Å². The van der Waals surface area contributed by atoms with Gasteiger partial charge in [0.1, 0.15) is 0 Å². The second-order valence-corrected chi connectivity index (χ2v) is 5.33. The van der Waals surface area contributed by atoms with E-state index in [0.717, 1.165) is 52.1 Å². The zero-order valence-electron chi connectivity index (χ0n) is 14.9. The Hall–Kier alpha value is 0.334. The van der Waals surface area contributed by atoms with Gasteiger partial charge >= 0.3 is 0 Å². The Morgan fingerprint density at radius 1 is 0.667 bits per heavy atom. The van der Waals surface area contributed by atoms with E-state index in [0.29, 0.717) is 0 Å². The van der Waals surface area contributed by atoms with E-state index in [2.05, 4.69) is 37.5 Å². The summed E-state index contributed by atoms with van der Waals surface area (Å²) in [5.41, 5.74) is 0. The Morgan fingerprint density at radius 3 is 1.05 bits per heavy atom. The Labute approximate surface area is 142 Å². The third-order valence-corrected chi connectivity index (χ3v) is 3.52. The zero-order valence-corrected chi connectivity index (χ0v) is 15.9. The molecule has 0 bridgehead atoms. The molecule has 2 unspecified atom stereocenters. The molecule has 0 radical (unpaired) electrons. The fourth-order valence-electron chi connectivity index (χ4n) is 1.82. The van der Waals surface area contributed by atoms with E-state index in [1.54, 1.807) is 0 Å². The minimum atomic E-state index is -0.152. The van der Waals surface area contributed by atoms with E-state index in [-0.39, 0.29) is 28.7 Å². The first-order chi connectivity index (χ1) is 9.40. The molecule has 0 heterocycles. The maximum Gasteiger partial charge on any atom is 0.0524 e. The molecule has 0 saturated carbocycles. The molecule has 4 nitrogen and oxygen atoms in total. The van der Waals surface area contributed by atoms with Gasteiger partial charge in [-0.2, -0.15) is 0 Å². The summed E-state index contributed by atoms with van der Waals surface area (Å²) in [6.07, 6.45) is 1.48. The maximum atomic E-state index is 8.97. The summed E-state index contributed by atoms with van der Waals surface area (Å²) >= 11 is 0. The van der Waals surface area contributed by atoms with Gasteiger partial charge in [-0.3, -0.25) is 0 Å². The van der Waals surface area contributed by atoms with Gasteiger partial charge in [0.2, 0.25) is 0 Å². The first-order valence-corrected chi connectivity index (χ1v) is 8.21. The van der Waals surface area contributed by atoms with Crippen LogP contribution in [0.2, 0.25) is 0 Å². The second kappa shape index (κ2) is 18.4. The van der Waals surface area contributed by atoms with Gasteiger partial charge in [0.25, 0.3) is 0 Å². The first kappa shape index (κ1) is 26.2. The summed E-state index contributed by atoms with van der Waals surface area (Å²) in [6, 6.07) is 0. The molecule has 0 spiro atoms. The number of hydrogen-bond acceptors (Lipinski definition) is 4. The molecule has 0 aromatic rings. The number of aliphatic hydroxyl groups excluding tert-OH is 2. The molecule has 0 saturated heterocycles. The number of aliphatic hydroxyl groups is 2. The molecule has 0 aliphatic heterocycles. The van der Waals surface area contributed by atoms with Gasteiger partial charge < -0.3 is 20.0 Å². The van der Waals surface area contributed by atoms with Crippen LogP contribution in [0, 0.1) is 0 Å². The van der Waals surface area contributed by atoms with Crippen molar-refractivity contribution in [1.82, 2.24) is 9.80 Å². The summed E-state index contributed by atoms with van der Waals surface area (Å²) < 4.78 is 0. The Balaban J connectivity index is -0.000000295. The van der Waals surface area contributed by atoms with Crippen molar-refractivity contribution >= 4 is 0 Å². The van der Waals surface area contributed by atoms with E-state index >= 15 is 0 Å². The van der Waals surface area contributed by atoms with E-state index in [1.807, 2.05) is 13.8 Å². The molecule has 21 heavy (non-hydrogen) atoms. The molecule has 134 valence electrons. The van der Waals surface area contributed by atoms with Crippen LogP contribution in [-0.2, 0) is 16.5 Å². The Bertz CT molecular complexity index is 165. The summed E-state index contributed by atoms with van der Waals surface area (Å²) in [4.78, 5) is 4.62. The Morgan fingerprint density at radius 2 is 0.905 bits per heavy atom. The van der Waals surface area contributed by atoms with E-state index < -0.39 is 0 Å². The van der Waals surface area contributed by atoms with Crippen LogP contribution in [-0.4, -0.2) is 71.5 Å². The molecule has 2 N–H and O–H groups in total. The molecule has 0 fully saturated rings. The topological polar surface area (TPSA) is 46.9 Å². The van der Waals surface area contributed by atoms with Crippen LogP contribution in [0.1, 0.15) is 54.4 Å². The first-order valence-electron chi connectivity index (χ1n) is 8.21. The maximum absolute atomic E-state index is 8.97. The summed E-state index contributed by atoms with van der Waals surface area (Å²) in [5, 5.41) is 17.9. The molecular formula is C16H38N2NiO2. The summed E-state index contributed by atoms with van der Waals surface area (Å²) in [5.74, 6) is 0. The zero-order chi connectivity index (χ0) is 16.0. The van der Waals surface area contributed by atoms with E-state index in [9.17, 15) is 0 Å². The normalized spacial score (nSPS) is 13.4. The van der Waals surface area contributed by atoms with Gasteiger partial charge in [0.15, 0.2) is 0 Å². The van der Waals surface area contributed by atoms with Gasteiger partial charge in [0.05, 0.1) is 12.2 Å². The van der Waals surface area contributed by atoms with Crippen molar-refractivity contribution < 1.29 is 26.7 Å². The van der Waals surface area contributed by atoms with Crippen LogP contribution in [0.4, 0.5) is 0 Å². The molecule has 2 atom stereocenters. The number of rotatable bonds is 10. The van der Waals surface area contributed by atoms with Crippen molar-refractivity contribution in [3.05, 3.63) is 0 Å². The monoisotopic (exact) mass is 348 g/mol. The van der Waals surface area contributed by atoms with Crippen molar-refractivity contribution in [2.24, 2.45) is 0 Å². The van der Waals surface area contributed by atoms with Crippen LogP contribution in [0.3, 0.4) is 0 Å². The van der Waals surface area contributed by atoms with Crippen molar-refractivity contribution in [3.8, 4) is 0 Å². The minimum Gasteiger partial charge on any atom is -0.393 e. The van der Waals surface area contributed by atoms with Crippen LogP contribution in [0.5, 0.6) is 0 Å². The predicted molar refractivity (Wildman–Crippen MR) is 88.2 cm³/mol. The van der Waals surface area contributed by atoms with Crippen LogP contribution < -0.4 is 0 Å². The van der Waals surface area contributed by atoms with Crippen molar-refractivity contribution in [3.63, 3.8) is 0 Å².